The Morgan fingerprint density at radius 1 is 1.41 bits per heavy atom. The average Bonchev–Trinajstić information content (AvgIpc) is 3.14. The van der Waals surface area contributed by atoms with Crippen molar-refractivity contribution in [1.82, 2.24) is 4.90 Å². The van der Waals surface area contributed by atoms with E-state index in [1.54, 1.807) is 0 Å². The van der Waals surface area contributed by atoms with Crippen molar-refractivity contribution in [3.8, 4) is 0 Å². The van der Waals surface area contributed by atoms with Crippen molar-refractivity contribution < 1.29 is 5.11 Å². The molecule has 17 heavy (non-hydrogen) atoms. The highest BCUT2D eigenvalue weighted by Gasteiger charge is 2.28. The molecule has 1 aliphatic carbocycles. The third-order valence-electron chi connectivity index (χ3n) is 3.18. The van der Waals surface area contributed by atoms with Crippen molar-refractivity contribution in [2.45, 2.75) is 32.0 Å². The molecule has 0 radical (unpaired) electrons. The minimum Gasteiger partial charge on any atom is -0.395 e. The van der Waals surface area contributed by atoms with Crippen molar-refractivity contribution in [1.29, 1.82) is 0 Å². The molecular formula is C13H19ClN2O. The van der Waals surface area contributed by atoms with Crippen LogP contribution in [0.3, 0.4) is 0 Å². The van der Waals surface area contributed by atoms with Gasteiger partial charge >= 0.3 is 0 Å². The Morgan fingerprint density at radius 3 is 2.71 bits per heavy atom. The molecule has 0 amide bonds. The predicted octanol–water partition coefficient (Wildman–Crippen LogP) is 1.76. The van der Waals surface area contributed by atoms with Crippen LogP contribution in [0.1, 0.15) is 24.0 Å². The van der Waals surface area contributed by atoms with Gasteiger partial charge in [0.25, 0.3) is 0 Å². The van der Waals surface area contributed by atoms with E-state index in [2.05, 4.69) is 4.90 Å². The Bertz CT molecular complexity index is 380. The Labute approximate surface area is 107 Å². The third-order valence-corrected chi connectivity index (χ3v) is 3.53. The largest absolute Gasteiger partial charge is 0.395 e. The van der Waals surface area contributed by atoms with Crippen LogP contribution in [0.15, 0.2) is 18.2 Å². The van der Waals surface area contributed by atoms with E-state index in [1.807, 2.05) is 18.2 Å². The second-order valence-corrected chi connectivity index (χ2v) is 4.96. The van der Waals surface area contributed by atoms with Crippen molar-refractivity contribution in [3.63, 3.8) is 0 Å². The first-order valence-corrected chi connectivity index (χ1v) is 6.44. The molecule has 0 heterocycles. The quantitative estimate of drug-likeness (QED) is 0.813. The summed E-state index contributed by atoms with van der Waals surface area (Å²) in [6.45, 7) is 2.26. The topological polar surface area (TPSA) is 49.5 Å². The van der Waals surface area contributed by atoms with Gasteiger partial charge < -0.3 is 10.8 Å². The van der Waals surface area contributed by atoms with Crippen LogP contribution < -0.4 is 5.73 Å². The number of aliphatic hydroxyl groups excluding tert-OH is 1. The molecule has 3 nitrogen and oxygen atoms in total. The summed E-state index contributed by atoms with van der Waals surface area (Å²) in [4.78, 5) is 2.29. The number of nitrogens with two attached hydrogens (primary N) is 1. The van der Waals surface area contributed by atoms with Crippen LogP contribution in [0.2, 0.25) is 5.02 Å². The van der Waals surface area contributed by atoms with E-state index in [4.69, 9.17) is 22.4 Å². The maximum absolute atomic E-state index is 9.05. The highest BCUT2D eigenvalue weighted by Crippen LogP contribution is 2.29. The van der Waals surface area contributed by atoms with E-state index in [9.17, 15) is 0 Å². The van der Waals surface area contributed by atoms with Gasteiger partial charge in [-0.15, -0.1) is 0 Å². The number of hydrogen-bond donors (Lipinski definition) is 2. The fraction of sp³-hybridized carbons (Fsp3) is 0.538. The predicted molar refractivity (Wildman–Crippen MR) is 69.9 cm³/mol. The van der Waals surface area contributed by atoms with Crippen LogP contribution in [0.4, 0.5) is 0 Å². The van der Waals surface area contributed by atoms with Gasteiger partial charge in [0, 0.05) is 30.7 Å². The summed E-state index contributed by atoms with van der Waals surface area (Å²) >= 11 is 6.23. The molecule has 94 valence electrons. The Hall–Kier alpha value is -0.610. The number of rotatable bonds is 6. The molecule has 4 heteroatoms. The van der Waals surface area contributed by atoms with E-state index in [0.29, 0.717) is 12.6 Å². The van der Waals surface area contributed by atoms with Crippen LogP contribution in [0, 0.1) is 0 Å². The monoisotopic (exact) mass is 254 g/mol. The molecule has 0 spiro atoms. The number of nitrogens with zero attached hydrogens (tertiary/aromatic N) is 1. The van der Waals surface area contributed by atoms with Crippen LogP contribution in [-0.2, 0) is 13.1 Å². The lowest BCUT2D eigenvalue weighted by molar-refractivity contribution is 0.183. The number of halogens is 1. The van der Waals surface area contributed by atoms with E-state index < -0.39 is 0 Å². The lowest BCUT2D eigenvalue weighted by atomic mass is 10.1. The standard InChI is InChI=1S/C13H19ClN2O/c14-13-7-10(8-15)1-2-11(13)9-16(5-6-17)12-3-4-12/h1-2,7,12,17H,3-6,8-9,15H2. The molecule has 0 bridgehead atoms. The first-order valence-electron chi connectivity index (χ1n) is 6.07. The zero-order valence-corrected chi connectivity index (χ0v) is 10.7. The molecule has 1 saturated carbocycles. The van der Waals surface area contributed by atoms with Crippen LogP contribution >= 0.6 is 11.6 Å². The smallest absolute Gasteiger partial charge is 0.0558 e. The number of benzene rings is 1. The second-order valence-electron chi connectivity index (χ2n) is 4.56. The molecule has 0 saturated heterocycles. The van der Waals surface area contributed by atoms with Gasteiger partial charge in [-0.1, -0.05) is 23.7 Å². The van der Waals surface area contributed by atoms with Crippen molar-refractivity contribution in [2.24, 2.45) is 5.73 Å². The van der Waals surface area contributed by atoms with E-state index >= 15 is 0 Å². The lowest BCUT2D eigenvalue weighted by Gasteiger charge is -2.21. The van der Waals surface area contributed by atoms with Crippen LogP contribution in [0.25, 0.3) is 0 Å². The Balaban J connectivity index is 2.05. The number of aliphatic hydroxyl groups is 1. The zero-order valence-electron chi connectivity index (χ0n) is 9.90. The van der Waals surface area contributed by atoms with Crippen molar-refractivity contribution in [3.05, 3.63) is 34.3 Å². The van der Waals surface area contributed by atoms with Crippen LogP contribution in [0.5, 0.6) is 0 Å². The summed E-state index contributed by atoms with van der Waals surface area (Å²) < 4.78 is 0. The molecule has 3 N–H and O–H groups in total. The van der Waals surface area contributed by atoms with Gasteiger partial charge in [-0.25, -0.2) is 0 Å². The summed E-state index contributed by atoms with van der Waals surface area (Å²) in [5, 5.41) is 9.83. The van der Waals surface area contributed by atoms with E-state index in [0.717, 1.165) is 29.2 Å². The second kappa shape index (κ2) is 5.83. The Morgan fingerprint density at radius 2 is 2.18 bits per heavy atom. The normalized spacial score (nSPS) is 15.5. The summed E-state index contributed by atoms with van der Waals surface area (Å²) in [7, 11) is 0. The average molecular weight is 255 g/mol. The molecule has 2 rings (SSSR count). The van der Waals surface area contributed by atoms with Gasteiger partial charge in [0.2, 0.25) is 0 Å². The van der Waals surface area contributed by atoms with Gasteiger partial charge in [0.15, 0.2) is 0 Å². The van der Waals surface area contributed by atoms with Gasteiger partial charge in [-0.2, -0.15) is 0 Å². The minimum atomic E-state index is 0.203. The highest BCUT2D eigenvalue weighted by molar-refractivity contribution is 6.31. The highest BCUT2D eigenvalue weighted by atomic mass is 35.5. The van der Waals surface area contributed by atoms with E-state index in [1.165, 1.54) is 12.8 Å². The lowest BCUT2D eigenvalue weighted by Crippen LogP contribution is -2.28. The fourth-order valence-electron chi connectivity index (χ4n) is 2.02. The fourth-order valence-corrected chi connectivity index (χ4v) is 2.29. The SMILES string of the molecule is NCc1ccc(CN(CCO)C2CC2)c(Cl)c1. The third kappa shape index (κ3) is 3.42. The summed E-state index contributed by atoms with van der Waals surface area (Å²) in [6, 6.07) is 6.62. The van der Waals surface area contributed by atoms with E-state index in [-0.39, 0.29) is 6.61 Å². The summed E-state index contributed by atoms with van der Waals surface area (Å²) in [5.74, 6) is 0. The molecule has 1 aliphatic rings. The van der Waals surface area contributed by atoms with Gasteiger partial charge in [0.05, 0.1) is 6.61 Å². The van der Waals surface area contributed by atoms with Crippen molar-refractivity contribution >= 4 is 11.6 Å². The minimum absolute atomic E-state index is 0.203. The molecular weight excluding hydrogens is 236 g/mol. The molecule has 1 fully saturated rings. The molecule has 1 aromatic carbocycles. The zero-order chi connectivity index (χ0) is 12.3. The first kappa shape index (κ1) is 12.8. The van der Waals surface area contributed by atoms with Crippen molar-refractivity contribution in [2.75, 3.05) is 13.2 Å². The van der Waals surface area contributed by atoms with Crippen LogP contribution in [-0.4, -0.2) is 29.2 Å². The van der Waals surface area contributed by atoms with Gasteiger partial charge in [-0.3, -0.25) is 4.90 Å². The molecule has 0 aromatic heterocycles. The molecule has 0 unspecified atom stereocenters. The maximum atomic E-state index is 9.05. The Kier molecular flexibility index (Phi) is 4.40. The maximum Gasteiger partial charge on any atom is 0.0558 e. The molecule has 0 atom stereocenters. The molecule has 0 aliphatic heterocycles. The van der Waals surface area contributed by atoms with Gasteiger partial charge in [0.1, 0.15) is 0 Å². The summed E-state index contributed by atoms with van der Waals surface area (Å²) in [5.41, 5.74) is 7.74. The molecule has 1 aromatic rings. The number of hydrogen-bond acceptors (Lipinski definition) is 3. The van der Waals surface area contributed by atoms with Gasteiger partial charge in [-0.05, 0) is 30.0 Å². The first-order chi connectivity index (χ1) is 8.24. The summed E-state index contributed by atoms with van der Waals surface area (Å²) in [6.07, 6.45) is 2.47.